The molecule has 6 heteroatoms. The summed E-state index contributed by atoms with van der Waals surface area (Å²) in [5, 5.41) is 2.92. The fourth-order valence-electron chi connectivity index (χ4n) is 1.63. The van der Waals surface area contributed by atoms with Crippen molar-refractivity contribution < 1.29 is 13.9 Å². The van der Waals surface area contributed by atoms with Crippen molar-refractivity contribution in [3.05, 3.63) is 28.5 Å². The van der Waals surface area contributed by atoms with E-state index in [2.05, 4.69) is 21.2 Å². The van der Waals surface area contributed by atoms with Crippen LogP contribution in [0.3, 0.4) is 0 Å². The van der Waals surface area contributed by atoms with E-state index in [9.17, 15) is 9.18 Å². The third kappa shape index (κ3) is 4.68. The zero-order valence-electron chi connectivity index (χ0n) is 12.7. The van der Waals surface area contributed by atoms with Gasteiger partial charge in [0, 0.05) is 6.54 Å². The van der Waals surface area contributed by atoms with Crippen LogP contribution in [0.5, 0.6) is 5.75 Å². The quantitative estimate of drug-likeness (QED) is 0.819. The summed E-state index contributed by atoms with van der Waals surface area (Å²) in [6.07, 6.45) is -0.712. The fourth-order valence-corrected chi connectivity index (χ4v) is 2.07. The molecule has 1 aromatic rings. The normalized spacial score (nSPS) is 15.4. The Kier molecular flexibility index (Phi) is 6.16. The van der Waals surface area contributed by atoms with Gasteiger partial charge >= 0.3 is 0 Å². The fraction of sp³-hybridized carbons (Fsp3) is 0.533. The summed E-state index contributed by atoms with van der Waals surface area (Å²) in [5.41, 5.74) is 5.25. The van der Waals surface area contributed by atoms with Crippen molar-refractivity contribution in [3.63, 3.8) is 0 Å². The predicted octanol–water partition coefficient (Wildman–Crippen LogP) is 2.85. The smallest absolute Gasteiger partial charge is 0.261 e. The lowest BCUT2D eigenvalue weighted by molar-refractivity contribution is -0.129. The summed E-state index contributed by atoms with van der Waals surface area (Å²) in [6, 6.07) is 4.05. The van der Waals surface area contributed by atoms with E-state index in [1.807, 2.05) is 20.8 Å². The van der Waals surface area contributed by atoms with Gasteiger partial charge in [0.25, 0.3) is 5.91 Å². The van der Waals surface area contributed by atoms with Crippen molar-refractivity contribution in [1.29, 1.82) is 0 Å². The van der Waals surface area contributed by atoms with Crippen molar-refractivity contribution in [1.82, 2.24) is 5.32 Å². The number of amides is 1. The molecule has 2 atom stereocenters. The van der Waals surface area contributed by atoms with Gasteiger partial charge in [0.1, 0.15) is 11.6 Å². The second kappa shape index (κ2) is 7.22. The molecule has 0 saturated carbocycles. The number of halogens is 2. The van der Waals surface area contributed by atoms with Gasteiger partial charge in [-0.1, -0.05) is 13.8 Å². The Balaban J connectivity index is 2.75. The molecule has 0 bridgehead atoms. The number of carbonyl (C=O) groups excluding carboxylic acids is 1. The monoisotopic (exact) mass is 360 g/mol. The van der Waals surface area contributed by atoms with E-state index in [1.54, 1.807) is 6.92 Å². The summed E-state index contributed by atoms with van der Waals surface area (Å²) < 4.78 is 19.1. The highest BCUT2D eigenvalue weighted by atomic mass is 79.9. The molecule has 4 nitrogen and oxygen atoms in total. The Hall–Kier alpha value is -1.14. The standard InChI is InChI=1S/C15H22BrFN2O2/c1-9(2)15(4,8-18)19-14(20)10(3)21-13-6-5-11(17)7-12(13)16/h5-7,9-10H,8,18H2,1-4H3,(H,19,20). The third-order valence-corrected chi connectivity index (χ3v) is 4.29. The first-order chi connectivity index (χ1) is 9.69. The molecule has 118 valence electrons. The van der Waals surface area contributed by atoms with Crippen molar-refractivity contribution in [2.45, 2.75) is 39.3 Å². The molecule has 1 rings (SSSR count). The van der Waals surface area contributed by atoms with Crippen LogP contribution in [-0.2, 0) is 4.79 Å². The first kappa shape index (κ1) is 17.9. The van der Waals surface area contributed by atoms with Crippen LogP contribution >= 0.6 is 15.9 Å². The number of nitrogens with one attached hydrogen (secondary N) is 1. The SMILES string of the molecule is CC(Oc1ccc(F)cc1Br)C(=O)NC(C)(CN)C(C)C. The topological polar surface area (TPSA) is 64.3 Å². The predicted molar refractivity (Wildman–Crippen MR) is 84.6 cm³/mol. The maximum absolute atomic E-state index is 13.0. The van der Waals surface area contributed by atoms with E-state index in [4.69, 9.17) is 10.5 Å². The van der Waals surface area contributed by atoms with Gasteiger partial charge in [0.05, 0.1) is 10.0 Å². The van der Waals surface area contributed by atoms with Gasteiger partial charge in [-0.3, -0.25) is 4.79 Å². The van der Waals surface area contributed by atoms with Crippen molar-refractivity contribution in [3.8, 4) is 5.75 Å². The van der Waals surface area contributed by atoms with Gasteiger partial charge in [0.2, 0.25) is 0 Å². The Morgan fingerprint density at radius 2 is 2.10 bits per heavy atom. The molecular weight excluding hydrogens is 339 g/mol. The van der Waals surface area contributed by atoms with E-state index < -0.39 is 11.6 Å². The molecule has 1 amide bonds. The van der Waals surface area contributed by atoms with Crippen LogP contribution in [-0.4, -0.2) is 24.1 Å². The Morgan fingerprint density at radius 3 is 2.57 bits per heavy atom. The summed E-state index contributed by atoms with van der Waals surface area (Å²) in [4.78, 5) is 12.2. The van der Waals surface area contributed by atoms with E-state index in [0.29, 0.717) is 16.8 Å². The van der Waals surface area contributed by atoms with Crippen LogP contribution in [0.1, 0.15) is 27.7 Å². The summed E-state index contributed by atoms with van der Waals surface area (Å²) >= 11 is 3.21. The molecule has 0 heterocycles. The Bertz CT molecular complexity index is 510. The molecule has 0 aliphatic heterocycles. The number of hydrogen-bond donors (Lipinski definition) is 2. The van der Waals surface area contributed by atoms with Crippen molar-refractivity contribution in [2.24, 2.45) is 11.7 Å². The van der Waals surface area contributed by atoms with Gasteiger partial charge in [-0.05, 0) is 53.9 Å². The van der Waals surface area contributed by atoms with Crippen LogP contribution in [0.2, 0.25) is 0 Å². The summed E-state index contributed by atoms with van der Waals surface area (Å²) in [6.45, 7) is 7.87. The molecule has 0 saturated heterocycles. The average molecular weight is 361 g/mol. The number of ether oxygens (including phenoxy) is 1. The van der Waals surface area contributed by atoms with Crippen LogP contribution < -0.4 is 15.8 Å². The first-order valence-electron chi connectivity index (χ1n) is 6.83. The minimum Gasteiger partial charge on any atom is -0.480 e. The summed E-state index contributed by atoms with van der Waals surface area (Å²) in [7, 11) is 0. The first-order valence-corrected chi connectivity index (χ1v) is 7.62. The highest BCUT2D eigenvalue weighted by Gasteiger charge is 2.30. The third-order valence-electron chi connectivity index (χ3n) is 3.67. The Labute approximate surface area is 133 Å². The van der Waals surface area contributed by atoms with Crippen LogP contribution in [0.4, 0.5) is 4.39 Å². The second-order valence-electron chi connectivity index (χ2n) is 5.60. The van der Waals surface area contributed by atoms with Crippen LogP contribution in [0, 0.1) is 11.7 Å². The van der Waals surface area contributed by atoms with E-state index in [1.165, 1.54) is 18.2 Å². The maximum Gasteiger partial charge on any atom is 0.261 e. The molecule has 0 aliphatic carbocycles. The maximum atomic E-state index is 13.0. The lowest BCUT2D eigenvalue weighted by Crippen LogP contribution is -2.57. The van der Waals surface area contributed by atoms with Crippen molar-refractivity contribution >= 4 is 21.8 Å². The molecule has 0 fully saturated rings. The number of hydrogen-bond acceptors (Lipinski definition) is 3. The molecule has 0 radical (unpaired) electrons. The highest BCUT2D eigenvalue weighted by Crippen LogP contribution is 2.26. The van der Waals surface area contributed by atoms with Crippen LogP contribution in [0.25, 0.3) is 0 Å². The van der Waals surface area contributed by atoms with Gasteiger partial charge < -0.3 is 15.8 Å². The lowest BCUT2D eigenvalue weighted by atomic mass is 9.88. The highest BCUT2D eigenvalue weighted by molar-refractivity contribution is 9.10. The lowest BCUT2D eigenvalue weighted by Gasteiger charge is -2.34. The number of carbonyl (C=O) groups is 1. The van der Waals surface area contributed by atoms with Crippen LogP contribution in [0.15, 0.2) is 22.7 Å². The Morgan fingerprint density at radius 1 is 1.48 bits per heavy atom. The molecule has 2 unspecified atom stereocenters. The molecule has 0 aliphatic rings. The second-order valence-corrected chi connectivity index (χ2v) is 6.45. The van der Waals surface area contributed by atoms with Gasteiger partial charge in [-0.15, -0.1) is 0 Å². The molecular formula is C15H22BrFN2O2. The summed E-state index contributed by atoms with van der Waals surface area (Å²) in [5.74, 6) is -0.0241. The molecule has 0 aromatic heterocycles. The molecule has 21 heavy (non-hydrogen) atoms. The minimum absolute atomic E-state index is 0.191. The zero-order valence-corrected chi connectivity index (χ0v) is 14.3. The molecule has 0 spiro atoms. The zero-order chi connectivity index (χ0) is 16.2. The van der Waals surface area contributed by atoms with E-state index in [-0.39, 0.29) is 17.6 Å². The average Bonchev–Trinajstić information content (AvgIpc) is 2.41. The minimum atomic E-state index is -0.712. The van der Waals surface area contributed by atoms with Gasteiger partial charge in [-0.2, -0.15) is 0 Å². The van der Waals surface area contributed by atoms with E-state index in [0.717, 1.165) is 0 Å². The molecule has 3 N–H and O–H groups in total. The van der Waals surface area contributed by atoms with Gasteiger partial charge in [0.15, 0.2) is 6.10 Å². The molecule has 1 aromatic carbocycles. The van der Waals surface area contributed by atoms with Crippen molar-refractivity contribution in [2.75, 3.05) is 6.54 Å². The largest absolute Gasteiger partial charge is 0.480 e. The number of rotatable bonds is 6. The number of nitrogens with two attached hydrogens (primary N) is 1. The van der Waals surface area contributed by atoms with Gasteiger partial charge in [-0.25, -0.2) is 4.39 Å². The number of benzene rings is 1. The van der Waals surface area contributed by atoms with E-state index >= 15 is 0 Å².